The first-order chi connectivity index (χ1) is 7.70. The lowest BCUT2D eigenvalue weighted by molar-refractivity contribution is -0.131. The second-order valence-corrected chi connectivity index (χ2v) is 3.38. The monoisotopic (exact) mass is 223 g/mol. The van der Waals surface area contributed by atoms with Gasteiger partial charge in [0, 0.05) is 19.3 Å². The van der Waals surface area contributed by atoms with Crippen molar-refractivity contribution in [3.8, 4) is 11.8 Å². The van der Waals surface area contributed by atoms with Crippen LogP contribution in [0.4, 0.5) is 0 Å². The molecule has 1 N–H and O–H groups in total. The number of unbranched alkanes of at least 4 members (excludes halogenated alkanes) is 2. The summed E-state index contributed by atoms with van der Waals surface area (Å²) in [7, 11) is 0. The van der Waals surface area contributed by atoms with E-state index in [2.05, 4.69) is 23.5 Å². The highest BCUT2D eigenvalue weighted by Crippen LogP contribution is 2.02. The highest BCUT2D eigenvalue weighted by molar-refractivity contribution is 5.37. The fourth-order valence-corrected chi connectivity index (χ4v) is 0.949. The van der Waals surface area contributed by atoms with Crippen molar-refractivity contribution >= 4 is 6.47 Å². The maximum atomic E-state index is 9.98. The largest absolute Gasteiger partial charge is 0.465 e. The lowest BCUT2D eigenvalue weighted by Crippen LogP contribution is -2.11. The molecule has 0 fully saturated rings. The summed E-state index contributed by atoms with van der Waals surface area (Å²) in [6.45, 7) is 4.23. The van der Waals surface area contributed by atoms with E-state index in [0.29, 0.717) is 6.47 Å². The molecular weight excluding hydrogens is 204 g/mol. The van der Waals surface area contributed by atoms with Gasteiger partial charge in [-0.3, -0.25) is 4.79 Å². The van der Waals surface area contributed by atoms with Crippen LogP contribution in [0.15, 0.2) is 0 Å². The van der Waals surface area contributed by atoms with Gasteiger partial charge in [0.05, 0.1) is 0 Å². The van der Waals surface area contributed by atoms with Crippen LogP contribution in [-0.2, 0) is 9.53 Å². The molecule has 0 aliphatic heterocycles. The average molecular weight is 223 g/mol. The first-order valence-corrected chi connectivity index (χ1v) is 5.48. The predicted octanol–water partition coefficient (Wildman–Crippen LogP) is 1.72. The second kappa shape index (κ2) is 10.5. The van der Waals surface area contributed by atoms with E-state index in [1.54, 1.807) is 26.2 Å². The van der Waals surface area contributed by atoms with Crippen molar-refractivity contribution in [2.75, 3.05) is 0 Å². The van der Waals surface area contributed by atoms with Gasteiger partial charge in [-0.25, -0.2) is 0 Å². The van der Waals surface area contributed by atoms with Crippen LogP contribution in [-0.4, -0.2) is 23.8 Å². The van der Waals surface area contributed by atoms with Gasteiger partial charge in [0.15, 0.2) is 0 Å². The minimum atomic E-state index is -0.753. The molecule has 0 aliphatic carbocycles. The molecule has 0 aromatic rings. The maximum Gasteiger partial charge on any atom is 0.293 e. The third-order valence-corrected chi connectivity index (χ3v) is 1.85. The Balaban J connectivity index is 3.51. The predicted molar refractivity (Wildman–Crippen MR) is 62.8 cm³/mol. The standard InChI is InChI=1S/C13H19O3/c1-3-4-5-6-9-13(15)10-7-8-12(2)16-11-14/h7-8,10-13,15H,3-5H2,1-2H3/t12-,13+/m0/s1. The van der Waals surface area contributed by atoms with Crippen molar-refractivity contribution in [2.45, 2.75) is 45.3 Å². The molecule has 3 nitrogen and oxygen atoms in total. The number of aliphatic hydroxyl groups is 1. The molecule has 0 amide bonds. The summed E-state index contributed by atoms with van der Waals surface area (Å²) >= 11 is 0. The molecular formula is C13H19O3. The van der Waals surface area contributed by atoms with Crippen molar-refractivity contribution in [1.29, 1.82) is 0 Å². The highest BCUT2D eigenvalue weighted by Gasteiger charge is 2.05. The lowest BCUT2D eigenvalue weighted by atomic mass is 10.1. The zero-order valence-electron chi connectivity index (χ0n) is 9.85. The zero-order chi connectivity index (χ0) is 12.2. The Morgan fingerprint density at radius 3 is 2.81 bits per heavy atom. The first kappa shape index (κ1) is 15.0. The van der Waals surface area contributed by atoms with E-state index in [4.69, 9.17) is 0 Å². The number of carbonyl (C=O) groups excluding carboxylic acids is 1. The normalized spacial score (nSPS) is 13.4. The maximum absolute atomic E-state index is 9.98. The van der Waals surface area contributed by atoms with E-state index in [1.165, 1.54) is 0 Å². The summed E-state index contributed by atoms with van der Waals surface area (Å²) in [6, 6.07) is 0. The quantitative estimate of drug-likeness (QED) is 0.387. The van der Waals surface area contributed by atoms with Crippen LogP contribution >= 0.6 is 0 Å². The van der Waals surface area contributed by atoms with Crippen molar-refractivity contribution in [2.24, 2.45) is 0 Å². The van der Waals surface area contributed by atoms with Crippen LogP contribution in [0.3, 0.4) is 0 Å². The SMILES string of the molecule is CCCCC#C[C@@H](O)[CH][CH][CH][C@H](C)OC=O. The van der Waals surface area contributed by atoms with Crippen molar-refractivity contribution in [3.05, 3.63) is 19.3 Å². The molecule has 0 aromatic carbocycles. The van der Waals surface area contributed by atoms with Crippen molar-refractivity contribution < 1.29 is 14.6 Å². The van der Waals surface area contributed by atoms with E-state index < -0.39 is 6.10 Å². The summed E-state index contributed by atoms with van der Waals surface area (Å²) < 4.78 is 4.63. The Labute approximate surface area is 98.2 Å². The number of hydrogen-bond acceptors (Lipinski definition) is 3. The summed E-state index contributed by atoms with van der Waals surface area (Å²) in [5, 5.41) is 9.40. The summed E-state index contributed by atoms with van der Waals surface area (Å²) in [6.07, 6.45) is 6.82. The zero-order valence-corrected chi connectivity index (χ0v) is 9.85. The summed E-state index contributed by atoms with van der Waals surface area (Å²) in [5.74, 6) is 5.61. The van der Waals surface area contributed by atoms with E-state index in [1.807, 2.05) is 0 Å². The smallest absolute Gasteiger partial charge is 0.293 e. The Morgan fingerprint density at radius 1 is 1.44 bits per heavy atom. The molecule has 0 bridgehead atoms. The molecule has 0 saturated heterocycles. The van der Waals surface area contributed by atoms with E-state index in [-0.39, 0.29) is 6.10 Å². The minimum Gasteiger partial charge on any atom is -0.465 e. The van der Waals surface area contributed by atoms with Crippen LogP contribution < -0.4 is 0 Å². The van der Waals surface area contributed by atoms with Crippen LogP contribution in [0.5, 0.6) is 0 Å². The molecule has 89 valence electrons. The van der Waals surface area contributed by atoms with E-state index in [0.717, 1.165) is 19.3 Å². The number of carbonyl (C=O) groups is 1. The van der Waals surface area contributed by atoms with Gasteiger partial charge >= 0.3 is 0 Å². The highest BCUT2D eigenvalue weighted by atomic mass is 16.5. The topological polar surface area (TPSA) is 46.5 Å². The third-order valence-electron chi connectivity index (χ3n) is 1.85. The number of aliphatic hydroxyl groups excluding tert-OH is 1. The molecule has 0 saturated carbocycles. The Kier molecular flexibility index (Phi) is 9.84. The number of hydrogen-bond donors (Lipinski definition) is 1. The molecule has 3 heteroatoms. The van der Waals surface area contributed by atoms with Crippen LogP contribution in [0, 0.1) is 31.1 Å². The molecule has 2 atom stereocenters. The molecule has 0 spiro atoms. The van der Waals surface area contributed by atoms with Crippen LogP contribution in [0.25, 0.3) is 0 Å². The Morgan fingerprint density at radius 2 is 2.19 bits per heavy atom. The average Bonchev–Trinajstić information content (AvgIpc) is 2.25. The van der Waals surface area contributed by atoms with Gasteiger partial charge < -0.3 is 9.84 Å². The van der Waals surface area contributed by atoms with Gasteiger partial charge in [-0.05, 0) is 19.8 Å². The van der Waals surface area contributed by atoms with Crippen molar-refractivity contribution in [1.82, 2.24) is 0 Å². The van der Waals surface area contributed by atoms with Gasteiger partial charge in [0.1, 0.15) is 12.2 Å². The molecule has 0 rings (SSSR count). The third kappa shape index (κ3) is 9.54. The van der Waals surface area contributed by atoms with Gasteiger partial charge in [0.25, 0.3) is 6.47 Å². The molecule has 0 unspecified atom stereocenters. The Hall–Kier alpha value is -1.01. The molecule has 16 heavy (non-hydrogen) atoms. The number of ether oxygens (including phenoxy) is 1. The molecule has 0 aromatic heterocycles. The molecule has 0 heterocycles. The molecule has 3 radical (unpaired) electrons. The van der Waals surface area contributed by atoms with Gasteiger partial charge in [-0.1, -0.05) is 19.3 Å². The van der Waals surface area contributed by atoms with Gasteiger partial charge in [-0.2, -0.15) is 0 Å². The number of rotatable bonds is 8. The summed E-state index contributed by atoms with van der Waals surface area (Å²) in [5.41, 5.74) is 0. The van der Waals surface area contributed by atoms with Gasteiger partial charge in [0.2, 0.25) is 0 Å². The van der Waals surface area contributed by atoms with E-state index in [9.17, 15) is 9.90 Å². The minimum absolute atomic E-state index is 0.283. The second-order valence-electron chi connectivity index (χ2n) is 3.38. The van der Waals surface area contributed by atoms with Crippen LogP contribution in [0.2, 0.25) is 0 Å². The summed E-state index contributed by atoms with van der Waals surface area (Å²) in [4.78, 5) is 9.98. The molecule has 0 aliphatic rings. The first-order valence-electron chi connectivity index (χ1n) is 5.48. The van der Waals surface area contributed by atoms with E-state index >= 15 is 0 Å². The van der Waals surface area contributed by atoms with Crippen LogP contribution in [0.1, 0.15) is 33.1 Å². The fraction of sp³-hybridized carbons (Fsp3) is 0.538. The Bertz CT molecular complexity index is 227. The van der Waals surface area contributed by atoms with Crippen molar-refractivity contribution in [3.63, 3.8) is 0 Å². The lowest BCUT2D eigenvalue weighted by Gasteiger charge is -2.08. The van der Waals surface area contributed by atoms with Gasteiger partial charge in [-0.15, -0.1) is 5.92 Å². The fourth-order valence-electron chi connectivity index (χ4n) is 0.949.